The topological polar surface area (TPSA) is 52.3 Å². The summed E-state index contributed by atoms with van der Waals surface area (Å²) >= 11 is 0. The Hall–Kier alpha value is -2.62. The number of hydrogen-bond acceptors (Lipinski definition) is 4. The molecule has 0 spiro atoms. The van der Waals surface area contributed by atoms with Crippen molar-refractivity contribution in [3.63, 3.8) is 0 Å². The van der Waals surface area contributed by atoms with E-state index in [-0.39, 0.29) is 5.97 Å². The van der Waals surface area contributed by atoms with Crippen LogP contribution in [0.25, 0.3) is 22.6 Å². The summed E-state index contributed by atoms with van der Waals surface area (Å²) in [5.74, 6) is 0.725. The largest absolute Gasteiger partial charge is 0.436 e. The Labute approximate surface area is 116 Å². The SMILES string of the molecule is CC(=O)Oc1ccc(-c2nc3cc(C)ccc3o2)cc1. The molecule has 100 valence electrons. The minimum Gasteiger partial charge on any atom is -0.436 e. The molecule has 4 nitrogen and oxygen atoms in total. The molecule has 0 saturated heterocycles. The number of nitrogens with zero attached hydrogens (tertiary/aromatic N) is 1. The first-order valence-corrected chi connectivity index (χ1v) is 6.28. The van der Waals surface area contributed by atoms with Crippen molar-refractivity contribution < 1.29 is 13.9 Å². The molecule has 0 amide bonds. The molecule has 0 saturated carbocycles. The molecule has 2 aromatic carbocycles. The third-order valence-corrected chi connectivity index (χ3v) is 2.91. The van der Waals surface area contributed by atoms with Gasteiger partial charge in [0.05, 0.1) is 0 Å². The van der Waals surface area contributed by atoms with Gasteiger partial charge in [0, 0.05) is 12.5 Å². The van der Waals surface area contributed by atoms with Crippen LogP contribution in [0.4, 0.5) is 0 Å². The highest BCUT2D eigenvalue weighted by Gasteiger charge is 2.08. The van der Waals surface area contributed by atoms with Gasteiger partial charge in [-0.1, -0.05) is 6.07 Å². The number of rotatable bonds is 2. The third-order valence-electron chi connectivity index (χ3n) is 2.91. The first-order valence-electron chi connectivity index (χ1n) is 6.28. The van der Waals surface area contributed by atoms with Crippen molar-refractivity contribution in [3.05, 3.63) is 48.0 Å². The molecule has 20 heavy (non-hydrogen) atoms. The van der Waals surface area contributed by atoms with E-state index in [1.54, 1.807) is 12.1 Å². The van der Waals surface area contributed by atoms with Crippen molar-refractivity contribution in [2.45, 2.75) is 13.8 Å². The van der Waals surface area contributed by atoms with Crippen molar-refractivity contribution in [1.82, 2.24) is 4.98 Å². The number of carbonyl (C=O) groups is 1. The van der Waals surface area contributed by atoms with E-state index in [1.807, 2.05) is 37.3 Å². The van der Waals surface area contributed by atoms with Crippen molar-refractivity contribution >= 4 is 17.1 Å². The van der Waals surface area contributed by atoms with Gasteiger partial charge in [-0.3, -0.25) is 4.79 Å². The van der Waals surface area contributed by atoms with E-state index in [0.717, 1.165) is 22.2 Å². The predicted octanol–water partition coefficient (Wildman–Crippen LogP) is 3.73. The quantitative estimate of drug-likeness (QED) is 0.524. The normalized spacial score (nSPS) is 10.7. The number of ether oxygens (including phenoxy) is 1. The monoisotopic (exact) mass is 267 g/mol. The van der Waals surface area contributed by atoms with E-state index in [9.17, 15) is 4.79 Å². The number of oxazole rings is 1. The molecule has 0 aliphatic heterocycles. The van der Waals surface area contributed by atoms with Crippen LogP contribution in [-0.4, -0.2) is 11.0 Å². The van der Waals surface area contributed by atoms with Crippen molar-refractivity contribution in [1.29, 1.82) is 0 Å². The molecule has 0 aliphatic rings. The molecular formula is C16H13NO3. The van der Waals surface area contributed by atoms with Crippen LogP contribution in [0.15, 0.2) is 46.9 Å². The molecular weight excluding hydrogens is 254 g/mol. The molecule has 0 N–H and O–H groups in total. The number of benzene rings is 2. The Morgan fingerprint density at radius 3 is 2.60 bits per heavy atom. The molecule has 0 bridgehead atoms. The second-order valence-electron chi connectivity index (χ2n) is 4.61. The molecule has 0 aliphatic carbocycles. The standard InChI is InChI=1S/C16H13NO3/c1-10-3-8-15-14(9-10)17-16(20-15)12-4-6-13(7-5-12)19-11(2)18/h3-9H,1-2H3. The first kappa shape index (κ1) is 12.4. The zero-order valence-corrected chi connectivity index (χ0v) is 11.2. The summed E-state index contributed by atoms with van der Waals surface area (Å²) < 4.78 is 10.7. The maximum atomic E-state index is 10.9. The molecule has 0 fully saturated rings. The molecule has 0 unspecified atom stereocenters. The van der Waals surface area contributed by atoms with Crippen LogP contribution < -0.4 is 4.74 Å². The molecule has 0 atom stereocenters. The summed E-state index contributed by atoms with van der Waals surface area (Å²) in [5, 5.41) is 0. The van der Waals surface area contributed by atoms with E-state index in [1.165, 1.54) is 6.92 Å². The number of esters is 1. The highest BCUT2D eigenvalue weighted by molar-refractivity contribution is 5.77. The van der Waals surface area contributed by atoms with Gasteiger partial charge >= 0.3 is 5.97 Å². The minimum atomic E-state index is -0.338. The van der Waals surface area contributed by atoms with Gasteiger partial charge in [0.25, 0.3) is 0 Å². The number of aryl methyl sites for hydroxylation is 1. The van der Waals surface area contributed by atoms with Gasteiger partial charge in [-0.2, -0.15) is 0 Å². The summed E-state index contributed by atoms with van der Waals surface area (Å²) in [6.45, 7) is 3.39. The maximum Gasteiger partial charge on any atom is 0.308 e. The lowest BCUT2D eigenvalue weighted by Crippen LogP contribution is -2.00. The average Bonchev–Trinajstić information content (AvgIpc) is 2.81. The highest BCUT2D eigenvalue weighted by atomic mass is 16.5. The first-order chi connectivity index (χ1) is 9.61. The Balaban J connectivity index is 1.96. The zero-order chi connectivity index (χ0) is 14.1. The van der Waals surface area contributed by atoms with Crippen LogP contribution >= 0.6 is 0 Å². The smallest absolute Gasteiger partial charge is 0.308 e. The van der Waals surface area contributed by atoms with Crippen LogP contribution in [0.3, 0.4) is 0 Å². The van der Waals surface area contributed by atoms with Crippen LogP contribution in [0.2, 0.25) is 0 Å². The van der Waals surface area contributed by atoms with E-state index < -0.39 is 0 Å². The van der Waals surface area contributed by atoms with Crippen molar-refractivity contribution in [2.75, 3.05) is 0 Å². The summed E-state index contributed by atoms with van der Waals surface area (Å²) in [4.78, 5) is 15.3. The Morgan fingerprint density at radius 2 is 1.90 bits per heavy atom. The Kier molecular flexibility index (Phi) is 2.99. The van der Waals surface area contributed by atoms with Gasteiger partial charge in [-0.05, 0) is 48.9 Å². The molecule has 3 aromatic rings. The van der Waals surface area contributed by atoms with Crippen LogP contribution in [-0.2, 0) is 4.79 Å². The van der Waals surface area contributed by atoms with Crippen LogP contribution in [0.1, 0.15) is 12.5 Å². The number of fused-ring (bicyclic) bond motifs is 1. The molecule has 1 heterocycles. The van der Waals surface area contributed by atoms with Crippen LogP contribution in [0.5, 0.6) is 5.75 Å². The van der Waals surface area contributed by atoms with Gasteiger partial charge in [-0.25, -0.2) is 4.98 Å². The van der Waals surface area contributed by atoms with Gasteiger partial charge in [0.15, 0.2) is 5.58 Å². The second-order valence-corrected chi connectivity index (χ2v) is 4.61. The number of aromatic nitrogens is 1. The highest BCUT2D eigenvalue weighted by Crippen LogP contribution is 2.26. The van der Waals surface area contributed by atoms with E-state index in [2.05, 4.69) is 4.98 Å². The molecule has 4 heteroatoms. The van der Waals surface area contributed by atoms with E-state index in [4.69, 9.17) is 9.15 Å². The predicted molar refractivity (Wildman–Crippen MR) is 75.5 cm³/mol. The van der Waals surface area contributed by atoms with Crippen LogP contribution in [0, 0.1) is 6.92 Å². The fourth-order valence-electron chi connectivity index (χ4n) is 1.99. The summed E-state index contributed by atoms with van der Waals surface area (Å²) in [6.07, 6.45) is 0. The lowest BCUT2D eigenvalue weighted by atomic mass is 10.2. The van der Waals surface area contributed by atoms with Gasteiger partial charge in [0.1, 0.15) is 11.3 Å². The average molecular weight is 267 g/mol. The number of carbonyl (C=O) groups excluding carboxylic acids is 1. The van der Waals surface area contributed by atoms with Gasteiger partial charge in [-0.15, -0.1) is 0 Å². The Bertz CT molecular complexity index is 772. The maximum absolute atomic E-state index is 10.9. The Morgan fingerprint density at radius 1 is 1.15 bits per heavy atom. The lowest BCUT2D eigenvalue weighted by Gasteiger charge is -2.01. The fraction of sp³-hybridized carbons (Fsp3) is 0.125. The number of hydrogen-bond donors (Lipinski definition) is 0. The zero-order valence-electron chi connectivity index (χ0n) is 11.2. The molecule has 1 aromatic heterocycles. The van der Waals surface area contributed by atoms with Gasteiger partial charge < -0.3 is 9.15 Å². The molecule has 3 rings (SSSR count). The van der Waals surface area contributed by atoms with Crippen molar-refractivity contribution in [3.8, 4) is 17.2 Å². The van der Waals surface area contributed by atoms with E-state index >= 15 is 0 Å². The minimum absolute atomic E-state index is 0.338. The second kappa shape index (κ2) is 4.81. The third kappa shape index (κ3) is 2.40. The fourth-order valence-corrected chi connectivity index (χ4v) is 1.99. The summed E-state index contributed by atoms with van der Waals surface area (Å²) in [6, 6.07) is 12.9. The molecule has 0 radical (unpaired) electrons. The lowest BCUT2D eigenvalue weighted by molar-refractivity contribution is -0.131. The summed E-state index contributed by atoms with van der Waals surface area (Å²) in [7, 11) is 0. The van der Waals surface area contributed by atoms with E-state index in [0.29, 0.717) is 11.6 Å². The van der Waals surface area contributed by atoms with Gasteiger partial charge in [0.2, 0.25) is 5.89 Å². The van der Waals surface area contributed by atoms with Crippen molar-refractivity contribution in [2.24, 2.45) is 0 Å². The summed E-state index contributed by atoms with van der Waals surface area (Å²) in [5.41, 5.74) is 3.58.